The Morgan fingerprint density at radius 3 is 2.76 bits per heavy atom. The number of piperidine rings is 1. The number of hydrogen-bond acceptors (Lipinski definition) is 5. The lowest BCUT2D eigenvalue weighted by Gasteiger charge is -2.31. The maximum Gasteiger partial charge on any atom is 0.228 e. The zero-order chi connectivity index (χ0) is 12.3. The zero-order valence-corrected chi connectivity index (χ0v) is 11.5. The first-order valence-corrected chi connectivity index (χ1v) is 6.52. The molecule has 1 fully saturated rings. The SMILES string of the molecule is COCC1CCN(c2nc(N)cc(Br)n2)CC1. The molecule has 1 saturated heterocycles. The summed E-state index contributed by atoms with van der Waals surface area (Å²) >= 11 is 3.34. The van der Waals surface area contributed by atoms with Gasteiger partial charge in [-0.3, -0.25) is 0 Å². The Bertz CT molecular complexity index is 359. The quantitative estimate of drug-likeness (QED) is 0.861. The third-order valence-corrected chi connectivity index (χ3v) is 3.41. The van der Waals surface area contributed by atoms with Crippen LogP contribution >= 0.6 is 15.9 Å². The molecule has 1 aromatic heterocycles. The standard InChI is InChI=1S/C11H17BrN4O/c1-17-7-8-2-4-16(5-3-8)11-14-9(12)6-10(13)15-11/h6,8H,2-5,7H2,1H3,(H2,13,14,15). The molecule has 0 radical (unpaired) electrons. The van der Waals surface area contributed by atoms with Crippen molar-refractivity contribution in [3.05, 3.63) is 10.7 Å². The minimum Gasteiger partial charge on any atom is -0.384 e. The van der Waals surface area contributed by atoms with Crippen molar-refractivity contribution < 1.29 is 4.74 Å². The molecular weight excluding hydrogens is 284 g/mol. The van der Waals surface area contributed by atoms with Gasteiger partial charge in [-0.1, -0.05) is 0 Å². The van der Waals surface area contributed by atoms with Gasteiger partial charge in [0, 0.05) is 32.9 Å². The first-order chi connectivity index (χ1) is 8.19. The first-order valence-electron chi connectivity index (χ1n) is 5.73. The molecule has 2 rings (SSSR count). The molecule has 1 aliphatic heterocycles. The van der Waals surface area contributed by atoms with Crippen molar-refractivity contribution in [2.24, 2.45) is 5.92 Å². The van der Waals surface area contributed by atoms with Crippen LogP contribution in [-0.2, 0) is 4.74 Å². The monoisotopic (exact) mass is 300 g/mol. The van der Waals surface area contributed by atoms with E-state index in [9.17, 15) is 0 Å². The van der Waals surface area contributed by atoms with Crippen molar-refractivity contribution >= 4 is 27.7 Å². The molecule has 0 amide bonds. The van der Waals surface area contributed by atoms with Gasteiger partial charge in [0.15, 0.2) is 0 Å². The number of hydrogen-bond donors (Lipinski definition) is 1. The number of halogens is 1. The Morgan fingerprint density at radius 1 is 1.47 bits per heavy atom. The zero-order valence-electron chi connectivity index (χ0n) is 9.90. The van der Waals surface area contributed by atoms with E-state index in [1.165, 1.54) is 0 Å². The van der Waals surface area contributed by atoms with E-state index in [-0.39, 0.29) is 0 Å². The summed E-state index contributed by atoms with van der Waals surface area (Å²) in [5.74, 6) is 1.87. The number of nitrogen functional groups attached to an aromatic ring is 1. The van der Waals surface area contributed by atoms with Gasteiger partial charge in [-0.25, -0.2) is 4.98 Å². The van der Waals surface area contributed by atoms with Crippen LogP contribution in [0.15, 0.2) is 10.7 Å². The molecule has 2 heterocycles. The molecule has 17 heavy (non-hydrogen) atoms. The van der Waals surface area contributed by atoms with E-state index in [0.29, 0.717) is 17.7 Å². The Morgan fingerprint density at radius 2 is 2.18 bits per heavy atom. The lowest BCUT2D eigenvalue weighted by atomic mass is 9.98. The van der Waals surface area contributed by atoms with Gasteiger partial charge in [0.1, 0.15) is 10.4 Å². The van der Waals surface area contributed by atoms with Crippen molar-refractivity contribution in [3.63, 3.8) is 0 Å². The van der Waals surface area contributed by atoms with Crippen LogP contribution in [0.1, 0.15) is 12.8 Å². The molecule has 0 aromatic carbocycles. The summed E-state index contributed by atoms with van der Waals surface area (Å²) in [6.45, 7) is 2.77. The van der Waals surface area contributed by atoms with Gasteiger partial charge in [0.2, 0.25) is 5.95 Å². The fourth-order valence-electron chi connectivity index (χ4n) is 2.10. The topological polar surface area (TPSA) is 64.3 Å². The molecule has 0 spiro atoms. The number of anilines is 2. The van der Waals surface area contributed by atoms with E-state index in [4.69, 9.17) is 10.5 Å². The smallest absolute Gasteiger partial charge is 0.228 e. The molecule has 0 atom stereocenters. The van der Waals surface area contributed by atoms with Crippen LogP contribution in [0.2, 0.25) is 0 Å². The highest BCUT2D eigenvalue weighted by molar-refractivity contribution is 9.10. The lowest BCUT2D eigenvalue weighted by molar-refractivity contribution is 0.139. The minimum atomic E-state index is 0.501. The summed E-state index contributed by atoms with van der Waals surface area (Å²) in [6.07, 6.45) is 2.23. The third kappa shape index (κ3) is 3.29. The molecule has 0 aliphatic carbocycles. The Hall–Kier alpha value is -0.880. The summed E-state index contributed by atoms with van der Waals surface area (Å²) in [6, 6.07) is 1.71. The molecule has 0 unspecified atom stereocenters. The van der Waals surface area contributed by atoms with E-state index in [1.807, 2.05) is 0 Å². The molecular formula is C11H17BrN4O. The van der Waals surface area contributed by atoms with Crippen molar-refractivity contribution in [1.29, 1.82) is 0 Å². The van der Waals surface area contributed by atoms with E-state index >= 15 is 0 Å². The van der Waals surface area contributed by atoms with Crippen LogP contribution in [0.5, 0.6) is 0 Å². The van der Waals surface area contributed by atoms with E-state index in [2.05, 4.69) is 30.8 Å². The van der Waals surface area contributed by atoms with Gasteiger partial charge < -0.3 is 15.4 Å². The predicted molar refractivity (Wildman–Crippen MR) is 71.0 cm³/mol. The van der Waals surface area contributed by atoms with Crippen molar-refractivity contribution in [2.75, 3.05) is 37.4 Å². The van der Waals surface area contributed by atoms with E-state index in [1.54, 1.807) is 13.2 Å². The maximum absolute atomic E-state index is 5.71. The average Bonchev–Trinajstić information content (AvgIpc) is 2.29. The van der Waals surface area contributed by atoms with Gasteiger partial charge in [0.25, 0.3) is 0 Å². The summed E-state index contributed by atoms with van der Waals surface area (Å²) < 4.78 is 5.92. The fraction of sp³-hybridized carbons (Fsp3) is 0.636. The second-order valence-electron chi connectivity index (χ2n) is 4.30. The first kappa shape index (κ1) is 12.6. The van der Waals surface area contributed by atoms with Crippen molar-refractivity contribution in [3.8, 4) is 0 Å². The van der Waals surface area contributed by atoms with Gasteiger partial charge in [0.05, 0.1) is 0 Å². The highest BCUT2D eigenvalue weighted by atomic mass is 79.9. The largest absolute Gasteiger partial charge is 0.384 e. The number of nitrogens with zero attached hydrogens (tertiary/aromatic N) is 3. The molecule has 6 heteroatoms. The molecule has 94 valence electrons. The summed E-state index contributed by atoms with van der Waals surface area (Å²) in [4.78, 5) is 10.8. The minimum absolute atomic E-state index is 0.501. The van der Waals surface area contributed by atoms with E-state index < -0.39 is 0 Å². The van der Waals surface area contributed by atoms with Gasteiger partial charge in [-0.2, -0.15) is 4.98 Å². The van der Waals surface area contributed by atoms with Crippen LogP contribution < -0.4 is 10.6 Å². The van der Waals surface area contributed by atoms with Gasteiger partial charge in [-0.05, 0) is 34.7 Å². The number of aromatic nitrogens is 2. The second kappa shape index (κ2) is 5.64. The van der Waals surface area contributed by atoms with Crippen LogP contribution in [0.4, 0.5) is 11.8 Å². The number of ether oxygens (including phenoxy) is 1. The molecule has 2 N–H and O–H groups in total. The highest BCUT2D eigenvalue weighted by Crippen LogP contribution is 2.22. The van der Waals surface area contributed by atoms with E-state index in [0.717, 1.165) is 37.1 Å². The maximum atomic E-state index is 5.71. The summed E-state index contributed by atoms with van der Waals surface area (Å²) in [7, 11) is 1.75. The molecule has 5 nitrogen and oxygen atoms in total. The number of methoxy groups -OCH3 is 1. The summed E-state index contributed by atoms with van der Waals surface area (Å²) in [5.41, 5.74) is 5.71. The van der Waals surface area contributed by atoms with Gasteiger partial charge >= 0.3 is 0 Å². The molecule has 0 saturated carbocycles. The molecule has 0 bridgehead atoms. The van der Waals surface area contributed by atoms with Gasteiger partial charge in [-0.15, -0.1) is 0 Å². The second-order valence-corrected chi connectivity index (χ2v) is 5.11. The lowest BCUT2D eigenvalue weighted by Crippen LogP contribution is -2.36. The van der Waals surface area contributed by atoms with Crippen LogP contribution in [0.25, 0.3) is 0 Å². The van der Waals surface area contributed by atoms with Crippen LogP contribution in [-0.4, -0.2) is 36.8 Å². The van der Waals surface area contributed by atoms with Crippen LogP contribution in [0.3, 0.4) is 0 Å². The number of rotatable bonds is 3. The summed E-state index contributed by atoms with van der Waals surface area (Å²) in [5, 5.41) is 0. The third-order valence-electron chi connectivity index (χ3n) is 3.00. The number of nitrogens with two attached hydrogens (primary N) is 1. The molecule has 1 aliphatic rings. The Labute approximate surface area is 110 Å². The predicted octanol–water partition coefficient (Wildman–Crippen LogP) is 1.68. The van der Waals surface area contributed by atoms with Crippen molar-refractivity contribution in [2.45, 2.75) is 12.8 Å². The fourth-order valence-corrected chi connectivity index (χ4v) is 2.49. The Kier molecular flexibility index (Phi) is 4.17. The molecule has 1 aromatic rings. The Balaban J connectivity index is 2.00. The van der Waals surface area contributed by atoms with Crippen LogP contribution in [0, 0.1) is 5.92 Å². The normalized spacial score (nSPS) is 17.4. The highest BCUT2D eigenvalue weighted by Gasteiger charge is 2.21. The average molecular weight is 301 g/mol. The van der Waals surface area contributed by atoms with Crippen molar-refractivity contribution in [1.82, 2.24) is 9.97 Å².